The van der Waals surface area contributed by atoms with Crippen molar-refractivity contribution < 1.29 is 14.1 Å². The molecule has 1 atom stereocenters. The van der Waals surface area contributed by atoms with E-state index in [0.29, 0.717) is 5.75 Å². The van der Waals surface area contributed by atoms with Gasteiger partial charge in [0.2, 0.25) is 0 Å². The summed E-state index contributed by atoms with van der Waals surface area (Å²) in [4.78, 5) is 10.4. The Morgan fingerprint density at radius 1 is 1.50 bits per heavy atom. The SMILES string of the molecule is CCCC[SH](N)(=O)CC[C@H](N)C(=O)O. The molecule has 0 bridgehead atoms. The zero-order valence-corrected chi connectivity index (χ0v) is 9.37. The summed E-state index contributed by atoms with van der Waals surface area (Å²) in [7, 11) is -2.65. The second-order valence-corrected chi connectivity index (χ2v) is 6.29. The molecule has 86 valence electrons. The van der Waals surface area contributed by atoms with Crippen molar-refractivity contribution in [2.45, 2.75) is 32.2 Å². The lowest BCUT2D eigenvalue weighted by molar-refractivity contribution is -0.138. The molecule has 0 saturated heterocycles. The van der Waals surface area contributed by atoms with Crippen LogP contribution in [0.5, 0.6) is 0 Å². The highest BCUT2D eigenvalue weighted by atomic mass is 32.3. The van der Waals surface area contributed by atoms with Gasteiger partial charge in [-0.05, 0) is 12.8 Å². The fourth-order valence-corrected chi connectivity index (χ4v) is 2.81. The molecular weight excluding hydrogens is 204 g/mol. The van der Waals surface area contributed by atoms with Gasteiger partial charge in [0.15, 0.2) is 0 Å². The van der Waals surface area contributed by atoms with Gasteiger partial charge in [0, 0.05) is 11.5 Å². The van der Waals surface area contributed by atoms with E-state index < -0.39 is 22.1 Å². The second kappa shape index (κ2) is 6.10. The minimum Gasteiger partial charge on any atom is -0.480 e. The van der Waals surface area contributed by atoms with Crippen molar-refractivity contribution >= 4 is 16.1 Å². The Kier molecular flexibility index (Phi) is 5.90. The Labute approximate surface area is 85.4 Å². The Balaban J connectivity index is 3.86. The summed E-state index contributed by atoms with van der Waals surface area (Å²) in [5.41, 5.74) is 5.28. The molecule has 0 aliphatic rings. The fraction of sp³-hybridized carbons (Fsp3) is 0.875. The Hall–Kier alpha value is -0.460. The van der Waals surface area contributed by atoms with Gasteiger partial charge in [-0.25, -0.2) is 0 Å². The van der Waals surface area contributed by atoms with E-state index in [1.54, 1.807) is 0 Å². The van der Waals surface area contributed by atoms with Crippen molar-refractivity contribution in [2.24, 2.45) is 10.9 Å². The minimum atomic E-state index is -2.65. The summed E-state index contributed by atoms with van der Waals surface area (Å²) in [6, 6.07) is -0.950. The van der Waals surface area contributed by atoms with Gasteiger partial charge in [0.1, 0.15) is 6.04 Å². The molecule has 0 spiro atoms. The molecule has 14 heavy (non-hydrogen) atoms. The van der Waals surface area contributed by atoms with E-state index in [1.807, 2.05) is 6.92 Å². The maximum Gasteiger partial charge on any atom is 0.320 e. The zero-order chi connectivity index (χ0) is 11.2. The summed E-state index contributed by atoms with van der Waals surface area (Å²) >= 11 is 0. The third-order valence-corrected chi connectivity index (χ3v) is 4.11. The van der Waals surface area contributed by atoms with Crippen molar-refractivity contribution in [2.75, 3.05) is 11.5 Å². The highest BCUT2D eigenvalue weighted by Crippen LogP contribution is 2.03. The molecule has 0 aromatic rings. The number of carboxylic acid groups (broad SMARTS) is 1. The molecule has 0 unspecified atom stereocenters. The highest BCUT2D eigenvalue weighted by molar-refractivity contribution is 8.00. The van der Waals surface area contributed by atoms with Gasteiger partial charge >= 0.3 is 5.97 Å². The van der Waals surface area contributed by atoms with Crippen LogP contribution in [0.4, 0.5) is 0 Å². The number of carboxylic acids is 1. The van der Waals surface area contributed by atoms with Crippen LogP contribution in [0.25, 0.3) is 0 Å². The largest absolute Gasteiger partial charge is 0.480 e. The molecule has 0 fully saturated rings. The number of thiol groups is 1. The van der Waals surface area contributed by atoms with Crippen molar-refractivity contribution in [3.05, 3.63) is 0 Å². The van der Waals surface area contributed by atoms with Crippen molar-refractivity contribution in [3.8, 4) is 0 Å². The fourth-order valence-electron chi connectivity index (χ4n) is 1.02. The Morgan fingerprint density at radius 2 is 2.07 bits per heavy atom. The number of aliphatic carboxylic acids is 1. The van der Waals surface area contributed by atoms with Crippen LogP contribution in [-0.4, -0.2) is 32.8 Å². The van der Waals surface area contributed by atoms with Gasteiger partial charge in [-0.2, -0.15) is 0 Å². The van der Waals surface area contributed by atoms with Crippen molar-refractivity contribution in [1.29, 1.82) is 0 Å². The Bertz CT molecular complexity index is 233. The number of hydrogen-bond donors (Lipinski definition) is 4. The summed E-state index contributed by atoms with van der Waals surface area (Å²) < 4.78 is 11.6. The Morgan fingerprint density at radius 3 is 2.50 bits per heavy atom. The molecule has 0 aromatic heterocycles. The predicted octanol–water partition coefficient (Wildman–Crippen LogP) is -0.521. The third kappa shape index (κ3) is 6.06. The first-order chi connectivity index (χ1) is 6.39. The lowest BCUT2D eigenvalue weighted by Gasteiger charge is -2.19. The van der Waals surface area contributed by atoms with Crippen LogP contribution in [0, 0.1) is 0 Å². The van der Waals surface area contributed by atoms with Crippen molar-refractivity contribution in [1.82, 2.24) is 0 Å². The summed E-state index contributed by atoms with van der Waals surface area (Å²) in [6.45, 7) is 1.99. The van der Waals surface area contributed by atoms with Gasteiger partial charge in [0.05, 0.1) is 0 Å². The van der Waals surface area contributed by atoms with E-state index >= 15 is 0 Å². The molecule has 0 aliphatic heterocycles. The van der Waals surface area contributed by atoms with E-state index in [4.69, 9.17) is 16.0 Å². The molecule has 5 nitrogen and oxygen atoms in total. The standard InChI is InChI=1S/C8H20N2O3S/c1-2-3-5-14(10,13)6-4-7(9)8(11)12/h7,14H,2-6,9H2,1H3,(H2,10,13)(H,11,12)/t7-/m0/s1. The quantitative estimate of drug-likeness (QED) is 0.436. The second-order valence-electron chi connectivity index (χ2n) is 3.49. The van der Waals surface area contributed by atoms with E-state index in [-0.39, 0.29) is 12.2 Å². The molecule has 0 aromatic carbocycles. The molecule has 0 aliphatic carbocycles. The normalized spacial score (nSPS) is 15.1. The smallest absolute Gasteiger partial charge is 0.320 e. The maximum absolute atomic E-state index is 11.6. The lowest BCUT2D eigenvalue weighted by Crippen LogP contribution is -2.37. The summed E-state index contributed by atoms with van der Waals surface area (Å²) in [5, 5.41) is 14.1. The van der Waals surface area contributed by atoms with E-state index in [2.05, 4.69) is 0 Å². The zero-order valence-electron chi connectivity index (χ0n) is 8.48. The van der Waals surface area contributed by atoms with Gasteiger partial charge in [-0.1, -0.05) is 23.5 Å². The monoisotopic (exact) mass is 224 g/mol. The predicted molar refractivity (Wildman–Crippen MR) is 58.6 cm³/mol. The van der Waals surface area contributed by atoms with Crippen LogP contribution in [0.15, 0.2) is 0 Å². The number of unbranched alkanes of at least 4 members (excludes halogenated alkanes) is 1. The van der Waals surface area contributed by atoms with E-state index in [9.17, 15) is 9.00 Å². The third-order valence-electron chi connectivity index (χ3n) is 2.03. The molecule has 5 N–H and O–H groups in total. The van der Waals surface area contributed by atoms with Crippen LogP contribution in [0.3, 0.4) is 0 Å². The molecule has 0 heterocycles. The average Bonchev–Trinajstić information content (AvgIpc) is 2.11. The molecule has 0 radical (unpaired) electrons. The van der Waals surface area contributed by atoms with Crippen LogP contribution in [0.2, 0.25) is 0 Å². The molecule has 0 amide bonds. The average molecular weight is 224 g/mol. The van der Waals surface area contributed by atoms with Crippen molar-refractivity contribution in [3.63, 3.8) is 0 Å². The van der Waals surface area contributed by atoms with Crippen LogP contribution in [-0.2, 0) is 14.9 Å². The van der Waals surface area contributed by atoms with Crippen LogP contribution >= 0.6 is 0 Å². The van der Waals surface area contributed by atoms with E-state index in [0.717, 1.165) is 12.8 Å². The van der Waals surface area contributed by atoms with Gasteiger partial charge in [0.25, 0.3) is 0 Å². The lowest BCUT2D eigenvalue weighted by atomic mass is 10.2. The first kappa shape index (κ1) is 13.5. The first-order valence-electron chi connectivity index (χ1n) is 4.74. The minimum absolute atomic E-state index is 0.187. The van der Waals surface area contributed by atoms with Gasteiger partial charge in [-0.15, -0.1) is 0 Å². The maximum atomic E-state index is 11.6. The first-order valence-corrected chi connectivity index (χ1v) is 6.88. The van der Waals surface area contributed by atoms with E-state index in [1.165, 1.54) is 0 Å². The van der Waals surface area contributed by atoms with Gasteiger partial charge in [-0.3, -0.25) is 14.1 Å². The van der Waals surface area contributed by atoms with Crippen LogP contribution in [0.1, 0.15) is 26.2 Å². The molecule has 6 heteroatoms. The topological polar surface area (TPSA) is 106 Å². The molecule has 0 rings (SSSR count). The van der Waals surface area contributed by atoms with Gasteiger partial charge < -0.3 is 10.8 Å². The number of carbonyl (C=O) groups is 1. The summed E-state index contributed by atoms with van der Waals surface area (Å²) in [5.74, 6) is -0.364. The number of hydrogen-bond acceptors (Lipinski definition) is 3. The number of rotatable bonds is 7. The molecule has 0 saturated carbocycles. The highest BCUT2D eigenvalue weighted by Gasteiger charge is 2.15. The molecular formula is C8H20N2O3S. The summed E-state index contributed by atoms with van der Waals surface area (Å²) in [6.07, 6.45) is 1.94. The van der Waals surface area contributed by atoms with Crippen LogP contribution < -0.4 is 10.9 Å². The number of nitrogens with two attached hydrogens (primary N) is 2.